The molecule has 5 heteroatoms. The number of hydrogen-bond donors (Lipinski definition) is 0. The van der Waals surface area contributed by atoms with E-state index in [1.165, 1.54) is 12.1 Å². The molecule has 0 fully saturated rings. The lowest BCUT2D eigenvalue weighted by Crippen LogP contribution is -1.93. The van der Waals surface area contributed by atoms with Crippen molar-refractivity contribution in [1.29, 1.82) is 0 Å². The Morgan fingerprint density at radius 3 is 2.29 bits per heavy atom. The lowest BCUT2D eigenvalue weighted by Gasteiger charge is -2.06. The summed E-state index contributed by atoms with van der Waals surface area (Å²) in [5.41, 5.74) is 2.17. The predicted octanol–water partition coefficient (Wildman–Crippen LogP) is 5.26. The van der Waals surface area contributed by atoms with Crippen LogP contribution in [0.5, 0.6) is 0 Å². The molecular formula is C16H9Cl2FN2. The molecule has 3 rings (SSSR count). The Hall–Kier alpha value is -1.97. The van der Waals surface area contributed by atoms with E-state index in [0.29, 0.717) is 21.7 Å². The van der Waals surface area contributed by atoms with Gasteiger partial charge in [-0.3, -0.25) is 0 Å². The summed E-state index contributed by atoms with van der Waals surface area (Å²) in [6, 6.07) is 14.9. The quantitative estimate of drug-likeness (QED) is 0.602. The van der Waals surface area contributed by atoms with Crippen molar-refractivity contribution in [2.24, 2.45) is 0 Å². The van der Waals surface area contributed by atoms with E-state index in [-0.39, 0.29) is 5.82 Å². The van der Waals surface area contributed by atoms with Gasteiger partial charge in [0.25, 0.3) is 0 Å². The standard InChI is InChI=1S/C16H9Cl2FN2/c17-12-3-1-2-11(8-12)16-20-14(9-15(18)21-16)10-4-6-13(19)7-5-10/h1-9H. The first-order valence-electron chi connectivity index (χ1n) is 6.18. The number of aromatic nitrogens is 2. The summed E-state index contributed by atoms with van der Waals surface area (Å²) in [5.74, 6) is 0.179. The molecule has 0 radical (unpaired) electrons. The van der Waals surface area contributed by atoms with Crippen molar-refractivity contribution in [2.75, 3.05) is 0 Å². The van der Waals surface area contributed by atoms with Crippen molar-refractivity contribution in [3.63, 3.8) is 0 Å². The van der Waals surface area contributed by atoms with Crippen LogP contribution in [-0.4, -0.2) is 9.97 Å². The van der Waals surface area contributed by atoms with E-state index in [1.807, 2.05) is 12.1 Å². The zero-order valence-corrected chi connectivity index (χ0v) is 12.2. The molecule has 0 bridgehead atoms. The Morgan fingerprint density at radius 1 is 0.810 bits per heavy atom. The molecule has 0 saturated heterocycles. The minimum absolute atomic E-state index is 0.297. The Kier molecular flexibility index (Phi) is 3.86. The third-order valence-corrected chi connectivity index (χ3v) is 3.35. The topological polar surface area (TPSA) is 25.8 Å². The van der Waals surface area contributed by atoms with Gasteiger partial charge in [0.2, 0.25) is 0 Å². The second-order valence-corrected chi connectivity index (χ2v) is 5.24. The van der Waals surface area contributed by atoms with Crippen LogP contribution in [0.1, 0.15) is 0 Å². The summed E-state index contributed by atoms with van der Waals surface area (Å²) >= 11 is 12.0. The molecule has 0 aliphatic rings. The van der Waals surface area contributed by atoms with Crippen LogP contribution in [-0.2, 0) is 0 Å². The van der Waals surface area contributed by atoms with Crippen LogP contribution in [0.15, 0.2) is 54.6 Å². The Morgan fingerprint density at radius 2 is 1.57 bits per heavy atom. The highest BCUT2D eigenvalue weighted by atomic mass is 35.5. The molecule has 2 aromatic carbocycles. The monoisotopic (exact) mass is 318 g/mol. The summed E-state index contributed by atoms with van der Waals surface area (Å²) in [4.78, 5) is 8.68. The number of rotatable bonds is 2. The first-order valence-corrected chi connectivity index (χ1v) is 6.94. The largest absolute Gasteiger partial charge is 0.228 e. The maximum atomic E-state index is 13.0. The summed E-state index contributed by atoms with van der Waals surface area (Å²) in [6.45, 7) is 0. The number of halogens is 3. The maximum Gasteiger partial charge on any atom is 0.161 e. The van der Waals surface area contributed by atoms with Crippen molar-refractivity contribution < 1.29 is 4.39 Å². The first-order chi connectivity index (χ1) is 10.1. The molecule has 21 heavy (non-hydrogen) atoms. The number of nitrogens with zero attached hydrogens (tertiary/aromatic N) is 2. The fraction of sp³-hybridized carbons (Fsp3) is 0. The fourth-order valence-corrected chi connectivity index (χ4v) is 2.32. The molecule has 2 nitrogen and oxygen atoms in total. The number of benzene rings is 2. The van der Waals surface area contributed by atoms with E-state index in [0.717, 1.165) is 11.1 Å². The normalized spacial score (nSPS) is 10.6. The van der Waals surface area contributed by atoms with Gasteiger partial charge in [-0.15, -0.1) is 0 Å². The van der Waals surface area contributed by atoms with E-state index in [2.05, 4.69) is 9.97 Å². The Labute approximate surface area is 131 Å². The van der Waals surface area contributed by atoms with Gasteiger partial charge in [0.15, 0.2) is 5.82 Å². The van der Waals surface area contributed by atoms with Gasteiger partial charge in [-0.05, 0) is 36.4 Å². The van der Waals surface area contributed by atoms with Crippen LogP contribution in [0.4, 0.5) is 4.39 Å². The molecule has 0 saturated carbocycles. The van der Waals surface area contributed by atoms with Crippen LogP contribution in [0.25, 0.3) is 22.6 Å². The average molecular weight is 319 g/mol. The first kappa shape index (κ1) is 14.0. The van der Waals surface area contributed by atoms with Crippen molar-refractivity contribution in [2.45, 2.75) is 0 Å². The molecule has 0 atom stereocenters. The molecule has 0 amide bonds. The van der Waals surface area contributed by atoms with Crippen LogP contribution in [0.2, 0.25) is 10.2 Å². The highest BCUT2D eigenvalue weighted by Gasteiger charge is 2.08. The minimum atomic E-state index is -0.297. The van der Waals surface area contributed by atoms with E-state index >= 15 is 0 Å². The zero-order chi connectivity index (χ0) is 14.8. The summed E-state index contributed by atoms with van der Waals surface area (Å²) in [6.07, 6.45) is 0. The van der Waals surface area contributed by atoms with Gasteiger partial charge in [0.05, 0.1) is 5.69 Å². The SMILES string of the molecule is Fc1ccc(-c2cc(Cl)nc(-c3cccc(Cl)c3)n2)cc1. The lowest BCUT2D eigenvalue weighted by molar-refractivity contribution is 0.628. The Balaban J connectivity index is 2.10. The van der Waals surface area contributed by atoms with Crippen LogP contribution in [0, 0.1) is 5.82 Å². The van der Waals surface area contributed by atoms with Gasteiger partial charge >= 0.3 is 0 Å². The molecule has 104 valence electrons. The fourth-order valence-electron chi connectivity index (χ4n) is 1.94. The highest BCUT2D eigenvalue weighted by molar-refractivity contribution is 6.31. The smallest absolute Gasteiger partial charge is 0.161 e. The molecule has 0 aliphatic heterocycles. The molecule has 1 heterocycles. The molecule has 0 N–H and O–H groups in total. The van der Waals surface area contributed by atoms with Gasteiger partial charge in [-0.25, -0.2) is 14.4 Å². The lowest BCUT2D eigenvalue weighted by atomic mass is 10.1. The van der Waals surface area contributed by atoms with Crippen molar-refractivity contribution in [3.05, 3.63) is 70.6 Å². The second-order valence-electron chi connectivity index (χ2n) is 4.42. The zero-order valence-electron chi connectivity index (χ0n) is 10.7. The van der Waals surface area contributed by atoms with Gasteiger partial charge < -0.3 is 0 Å². The average Bonchev–Trinajstić information content (AvgIpc) is 2.47. The third kappa shape index (κ3) is 3.20. The van der Waals surface area contributed by atoms with Crippen molar-refractivity contribution in [1.82, 2.24) is 9.97 Å². The van der Waals surface area contributed by atoms with Gasteiger partial charge in [0, 0.05) is 22.2 Å². The van der Waals surface area contributed by atoms with Gasteiger partial charge in [-0.2, -0.15) is 0 Å². The molecule has 0 unspecified atom stereocenters. The minimum Gasteiger partial charge on any atom is -0.228 e. The molecule has 0 aliphatic carbocycles. The number of hydrogen-bond acceptors (Lipinski definition) is 2. The van der Waals surface area contributed by atoms with Gasteiger partial charge in [-0.1, -0.05) is 35.3 Å². The second kappa shape index (κ2) is 5.80. The van der Waals surface area contributed by atoms with Gasteiger partial charge in [0.1, 0.15) is 11.0 Å². The summed E-state index contributed by atoms with van der Waals surface area (Å²) in [5, 5.41) is 0.915. The van der Waals surface area contributed by atoms with Crippen molar-refractivity contribution >= 4 is 23.2 Å². The molecule has 0 spiro atoms. The Bertz CT molecular complexity index is 789. The molecular weight excluding hydrogens is 310 g/mol. The summed E-state index contributed by atoms with van der Waals surface area (Å²) < 4.78 is 13.0. The van der Waals surface area contributed by atoms with E-state index in [1.54, 1.807) is 30.3 Å². The van der Waals surface area contributed by atoms with Crippen LogP contribution < -0.4 is 0 Å². The molecule has 3 aromatic rings. The van der Waals surface area contributed by atoms with E-state index in [9.17, 15) is 4.39 Å². The van der Waals surface area contributed by atoms with Crippen LogP contribution in [0.3, 0.4) is 0 Å². The van der Waals surface area contributed by atoms with E-state index in [4.69, 9.17) is 23.2 Å². The van der Waals surface area contributed by atoms with E-state index < -0.39 is 0 Å². The highest BCUT2D eigenvalue weighted by Crippen LogP contribution is 2.25. The van der Waals surface area contributed by atoms with Crippen LogP contribution >= 0.6 is 23.2 Å². The maximum absolute atomic E-state index is 13.0. The predicted molar refractivity (Wildman–Crippen MR) is 82.9 cm³/mol. The third-order valence-electron chi connectivity index (χ3n) is 2.92. The summed E-state index contributed by atoms with van der Waals surface area (Å²) in [7, 11) is 0. The molecule has 1 aromatic heterocycles. The van der Waals surface area contributed by atoms with Crippen molar-refractivity contribution in [3.8, 4) is 22.6 Å².